The van der Waals surface area contributed by atoms with Crippen LogP contribution in [0.1, 0.15) is 12.2 Å². The number of para-hydroxylation sites is 1. The van der Waals surface area contributed by atoms with Gasteiger partial charge in [-0.05, 0) is 24.3 Å². The molecule has 0 amide bonds. The second-order valence-electron chi connectivity index (χ2n) is 3.29. The number of fused-ring (bicyclic) bond motifs is 1. The molecule has 3 nitrogen and oxygen atoms in total. The molecule has 0 fully saturated rings. The topological polar surface area (TPSA) is 46.2 Å². The standard InChI is InChI=1S/C12H11NO2S/c13-8-11-12(14-6-3-7-16)9-4-1-2-5-10(9)15-11/h1-2,4-5,16H,3,6-7H2. The lowest BCUT2D eigenvalue weighted by Crippen LogP contribution is -1.98. The Morgan fingerprint density at radius 2 is 2.19 bits per heavy atom. The molecular weight excluding hydrogens is 222 g/mol. The monoisotopic (exact) mass is 233 g/mol. The second kappa shape index (κ2) is 4.95. The van der Waals surface area contributed by atoms with Crippen LogP contribution in [-0.4, -0.2) is 12.4 Å². The Bertz CT molecular complexity index is 527. The Hall–Kier alpha value is -1.60. The molecule has 2 rings (SSSR count). The smallest absolute Gasteiger partial charge is 0.246 e. The van der Waals surface area contributed by atoms with Crippen LogP contribution >= 0.6 is 12.6 Å². The molecule has 0 unspecified atom stereocenters. The molecule has 0 aliphatic carbocycles. The summed E-state index contributed by atoms with van der Waals surface area (Å²) in [6, 6.07) is 9.47. The van der Waals surface area contributed by atoms with Gasteiger partial charge in [0.25, 0.3) is 0 Å². The van der Waals surface area contributed by atoms with Gasteiger partial charge in [0.15, 0.2) is 5.75 Å². The zero-order valence-corrected chi connectivity index (χ0v) is 9.54. The van der Waals surface area contributed by atoms with Crippen molar-refractivity contribution in [3.8, 4) is 11.8 Å². The van der Waals surface area contributed by atoms with Crippen LogP contribution < -0.4 is 4.74 Å². The van der Waals surface area contributed by atoms with Crippen molar-refractivity contribution in [2.45, 2.75) is 6.42 Å². The van der Waals surface area contributed by atoms with Crippen molar-refractivity contribution in [1.29, 1.82) is 5.26 Å². The van der Waals surface area contributed by atoms with Crippen LogP contribution in [0.5, 0.6) is 5.75 Å². The van der Waals surface area contributed by atoms with Gasteiger partial charge < -0.3 is 9.15 Å². The Labute approximate surface area is 99.0 Å². The van der Waals surface area contributed by atoms with Gasteiger partial charge in [0.1, 0.15) is 11.7 Å². The molecule has 1 heterocycles. The fourth-order valence-electron chi connectivity index (χ4n) is 1.48. The van der Waals surface area contributed by atoms with E-state index in [1.807, 2.05) is 30.3 Å². The van der Waals surface area contributed by atoms with Crippen LogP contribution in [-0.2, 0) is 0 Å². The molecule has 0 aliphatic rings. The van der Waals surface area contributed by atoms with Crippen molar-refractivity contribution in [3.63, 3.8) is 0 Å². The minimum atomic E-state index is 0.236. The molecule has 1 aromatic carbocycles. The van der Waals surface area contributed by atoms with Crippen LogP contribution in [0.2, 0.25) is 0 Å². The van der Waals surface area contributed by atoms with Gasteiger partial charge in [-0.3, -0.25) is 0 Å². The lowest BCUT2D eigenvalue weighted by atomic mass is 10.2. The summed E-state index contributed by atoms with van der Waals surface area (Å²) >= 11 is 4.11. The quantitative estimate of drug-likeness (QED) is 0.652. The molecule has 0 saturated carbocycles. The van der Waals surface area contributed by atoms with E-state index < -0.39 is 0 Å². The van der Waals surface area contributed by atoms with E-state index in [-0.39, 0.29) is 5.76 Å². The third kappa shape index (κ3) is 2.00. The van der Waals surface area contributed by atoms with E-state index in [4.69, 9.17) is 14.4 Å². The summed E-state index contributed by atoms with van der Waals surface area (Å²) < 4.78 is 10.9. The average molecular weight is 233 g/mol. The van der Waals surface area contributed by atoms with E-state index in [0.29, 0.717) is 17.9 Å². The third-order valence-electron chi connectivity index (χ3n) is 2.20. The van der Waals surface area contributed by atoms with Crippen LogP contribution in [0.4, 0.5) is 0 Å². The van der Waals surface area contributed by atoms with E-state index in [2.05, 4.69) is 12.6 Å². The van der Waals surface area contributed by atoms with Gasteiger partial charge in [0.05, 0.1) is 12.0 Å². The fraction of sp³-hybridized carbons (Fsp3) is 0.250. The van der Waals surface area contributed by atoms with Crippen LogP contribution in [0.15, 0.2) is 28.7 Å². The van der Waals surface area contributed by atoms with Gasteiger partial charge in [-0.2, -0.15) is 17.9 Å². The third-order valence-corrected chi connectivity index (χ3v) is 2.52. The summed E-state index contributed by atoms with van der Waals surface area (Å²) in [5.74, 6) is 1.54. The van der Waals surface area contributed by atoms with Crippen molar-refractivity contribution in [3.05, 3.63) is 30.0 Å². The Morgan fingerprint density at radius 3 is 2.94 bits per heavy atom. The molecule has 82 valence electrons. The number of furan rings is 1. The first-order valence-electron chi connectivity index (χ1n) is 5.02. The number of hydrogen-bond acceptors (Lipinski definition) is 4. The number of thiol groups is 1. The fourth-order valence-corrected chi connectivity index (χ4v) is 1.61. The predicted octanol–water partition coefficient (Wildman–Crippen LogP) is 3.00. The number of benzene rings is 1. The summed E-state index contributed by atoms with van der Waals surface area (Å²) in [5, 5.41) is 9.78. The van der Waals surface area contributed by atoms with Gasteiger partial charge >= 0.3 is 0 Å². The van der Waals surface area contributed by atoms with E-state index in [0.717, 1.165) is 17.6 Å². The summed E-state index contributed by atoms with van der Waals surface area (Å²) in [4.78, 5) is 0. The molecule has 4 heteroatoms. The van der Waals surface area contributed by atoms with Crippen molar-refractivity contribution in [2.24, 2.45) is 0 Å². The van der Waals surface area contributed by atoms with Crippen LogP contribution in [0.3, 0.4) is 0 Å². The number of ether oxygens (including phenoxy) is 1. The van der Waals surface area contributed by atoms with Gasteiger partial charge in [-0.25, -0.2) is 0 Å². The largest absolute Gasteiger partial charge is 0.488 e. The number of rotatable bonds is 4. The van der Waals surface area contributed by atoms with Gasteiger partial charge in [0.2, 0.25) is 5.76 Å². The molecule has 0 saturated heterocycles. The summed E-state index contributed by atoms with van der Waals surface area (Å²) in [5.41, 5.74) is 0.680. The lowest BCUT2D eigenvalue weighted by molar-refractivity contribution is 0.316. The maximum atomic E-state index is 8.94. The van der Waals surface area contributed by atoms with Crippen LogP contribution in [0, 0.1) is 11.3 Å². The van der Waals surface area contributed by atoms with Gasteiger partial charge in [-0.15, -0.1) is 0 Å². The van der Waals surface area contributed by atoms with Gasteiger partial charge in [-0.1, -0.05) is 12.1 Å². The van der Waals surface area contributed by atoms with Crippen molar-refractivity contribution < 1.29 is 9.15 Å². The Morgan fingerprint density at radius 1 is 1.38 bits per heavy atom. The number of nitrogens with zero attached hydrogens (tertiary/aromatic N) is 1. The first kappa shape index (κ1) is 10.9. The highest BCUT2D eigenvalue weighted by atomic mass is 32.1. The molecule has 0 N–H and O–H groups in total. The molecule has 0 spiro atoms. The minimum absolute atomic E-state index is 0.236. The van der Waals surface area contributed by atoms with Crippen molar-refractivity contribution >= 4 is 23.6 Å². The molecule has 2 aromatic rings. The summed E-state index contributed by atoms with van der Waals surface area (Å²) in [6.45, 7) is 0.543. The second-order valence-corrected chi connectivity index (χ2v) is 3.74. The molecule has 0 radical (unpaired) electrons. The molecule has 0 bridgehead atoms. The maximum Gasteiger partial charge on any atom is 0.246 e. The molecular formula is C12H11NO2S. The number of nitriles is 1. The van der Waals surface area contributed by atoms with Crippen LogP contribution in [0.25, 0.3) is 11.0 Å². The first-order chi connectivity index (χ1) is 7.86. The summed E-state index contributed by atoms with van der Waals surface area (Å²) in [6.07, 6.45) is 0.841. The van der Waals surface area contributed by atoms with E-state index in [1.54, 1.807) is 0 Å². The lowest BCUT2D eigenvalue weighted by Gasteiger charge is -2.02. The highest BCUT2D eigenvalue weighted by molar-refractivity contribution is 7.80. The van der Waals surface area contributed by atoms with Crippen molar-refractivity contribution in [2.75, 3.05) is 12.4 Å². The van der Waals surface area contributed by atoms with E-state index in [9.17, 15) is 0 Å². The van der Waals surface area contributed by atoms with Crippen molar-refractivity contribution in [1.82, 2.24) is 0 Å². The first-order valence-corrected chi connectivity index (χ1v) is 5.65. The maximum absolute atomic E-state index is 8.94. The molecule has 0 atom stereocenters. The predicted molar refractivity (Wildman–Crippen MR) is 64.9 cm³/mol. The van der Waals surface area contributed by atoms with Gasteiger partial charge in [0, 0.05) is 0 Å². The molecule has 16 heavy (non-hydrogen) atoms. The Balaban J connectivity index is 2.37. The normalized spacial score (nSPS) is 10.2. The molecule has 1 aromatic heterocycles. The summed E-state index contributed by atoms with van der Waals surface area (Å²) in [7, 11) is 0. The average Bonchev–Trinajstić information content (AvgIpc) is 2.68. The Kier molecular flexibility index (Phi) is 3.37. The SMILES string of the molecule is N#Cc1oc2ccccc2c1OCCCS. The zero-order chi connectivity index (χ0) is 11.4. The highest BCUT2D eigenvalue weighted by Gasteiger charge is 2.14. The van der Waals surface area contributed by atoms with E-state index in [1.165, 1.54) is 0 Å². The van der Waals surface area contributed by atoms with E-state index >= 15 is 0 Å². The number of hydrogen-bond donors (Lipinski definition) is 1. The minimum Gasteiger partial charge on any atom is -0.488 e. The molecule has 0 aliphatic heterocycles. The highest BCUT2D eigenvalue weighted by Crippen LogP contribution is 2.32. The zero-order valence-electron chi connectivity index (χ0n) is 8.64.